The first-order valence-electron chi connectivity index (χ1n) is 6.99. The van der Waals surface area contributed by atoms with E-state index in [-0.39, 0.29) is 5.82 Å². The Bertz CT molecular complexity index is 578. The largest absolute Gasteiger partial charge is 0.384 e. The molecule has 0 saturated carbocycles. The quantitative estimate of drug-likeness (QED) is 0.858. The lowest BCUT2D eigenvalue weighted by atomic mass is 10.1. The number of nitrogens with zero attached hydrogens (tertiary/aromatic N) is 1. The number of pyridine rings is 1. The lowest BCUT2D eigenvalue weighted by Crippen LogP contribution is -2.03. The fourth-order valence-corrected chi connectivity index (χ4v) is 2.26. The second kappa shape index (κ2) is 6.00. The Kier molecular flexibility index (Phi) is 4.35. The van der Waals surface area contributed by atoms with Gasteiger partial charge in [0.15, 0.2) is 0 Å². The van der Waals surface area contributed by atoms with Crippen LogP contribution < -0.4 is 5.32 Å². The molecule has 0 amide bonds. The molecule has 0 unspecified atom stereocenters. The van der Waals surface area contributed by atoms with Gasteiger partial charge < -0.3 is 5.32 Å². The molecule has 1 aromatic carbocycles. The van der Waals surface area contributed by atoms with Crippen molar-refractivity contribution in [3.8, 4) is 0 Å². The molecule has 1 N–H and O–H groups in total. The number of fused-ring (bicyclic) bond motifs is 1. The van der Waals surface area contributed by atoms with Crippen molar-refractivity contribution >= 4 is 16.6 Å². The van der Waals surface area contributed by atoms with Crippen LogP contribution in [0, 0.1) is 12.7 Å². The van der Waals surface area contributed by atoms with E-state index in [1.807, 2.05) is 13.0 Å². The summed E-state index contributed by atoms with van der Waals surface area (Å²) in [5, 5.41) is 4.26. The van der Waals surface area contributed by atoms with Crippen molar-refractivity contribution in [1.82, 2.24) is 4.98 Å². The molecule has 102 valence electrons. The van der Waals surface area contributed by atoms with E-state index in [4.69, 9.17) is 0 Å². The minimum atomic E-state index is -0.229. The average molecular weight is 260 g/mol. The highest BCUT2D eigenvalue weighted by Gasteiger charge is 2.10. The number of nitrogens with one attached hydrogen (secondary N) is 1. The summed E-state index contributed by atoms with van der Waals surface area (Å²) in [7, 11) is 0. The maximum absolute atomic E-state index is 14.1. The lowest BCUT2D eigenvalue weighted by molar-refractivity contribution is 0.635. The van der Waals surface area contributed by atoms with E-state index in [2.05, 4.69) is 30.2 Å². The number of aryl methyl sites for hydroxylation is 2. The Morgan fingerprint density at radius 1 is 1.16 bits per heavy atom. The van der Waals surface area contributed by atoms with Crippen LogP contribution in [0.1, 0.15) is 37.9 Å². The van der Waals surface area contributed by atoms with Crippen molar-refractivity contribution in [3.63, 3.8) is 0 Å². The van der Waals surface area contributed by atoms with Crippen LogP contribution in [-0.4, -0.2) is 11.5 Å². The lowest BCUT2D eigenvalue weighted by Gasteiger charge is -2.12. The standard InChI is InChI=1S/C16H21FN2/c1-4-6-12-10-15(18-7-5-2)13-8-11(3)9-14(17)16(13)19-12/h8-10H,4-7H2,1-3H3,(H,18,19). The first-order chi connectivity index (χ1) is 9.15. The van der Waals surface area contributed by atoms with Gasteiger partial charge >= 0.3 is 0 Å². The zero-order valence-electron chi connectivity index (χ0n) is 11.9. The molecule has 1 heterocycles. The van der Waals surface area contributed by atoms with E-state index >= 15 is 0 Å². The molecule has 2 aromatic rings. The van der Waals surface area contributed by atoms with E-state index in [0.29, 0.717) is 5.52 Å². The van der Waals surface area contributed by atoms with Crippen molar-refractivity contribution in [2.24, 2.45) is 0 Å². The van der Waals surface area contributed by atoms with Crippen LogP contribution in [0.3, 0.4) is 0 Å². The zero-order valence-corrected chi connectivity index (χ0v) is 11.9. The van der Waals surface area contributed by atoms with Crippen LogP contribution >= 0.6 is 0 Å². The number of benzene rings is 1. The monoisotopic (exact) mass is 260 g/mol. The van der Waals surface area contributed by atoms with Gasteiger partial charge in [-0.1, -0.05) is 20.3 Å². The summed E-state index contributed by atoms with van der Waals surface area (Å²) in [6, 6.07) is 5.61. The molecule has 0 bridgehead atoms. The molecule has 1 aromatic heterocycles. The number of anilines is 1. The van der Waals surface area contributed by atoms with Crippen molar-refractivity contribution in [1.29, 1.82) is 0 Å². The third-order valence-corrected chi connectivity index (χ3v) is 3.14. The Balaban J connectivity index is 2.60. The molecule has 2 nitrogen and oxygen atoms in total. The predicted octanol–water partition coefficient (Wildman–Crippen LogP) is 4.46. The van der Waals surface area contributed by atoms with Gasteiger partial charge in [0, 0.05) is 23.3 Å². The average Bonchev–Trinajstić information content (AvgIpc) is 2.37. The summed E-state index contributed by atoms with van der Waals surface area (Å²) in [5.41, 5.74) is 3.36. The Hall–Kier alpha value is -1.64. The van der Waals surface area contributed by atoms with Crippen LogP contribution in [0.4, 0.5) is 10.1 Å². The molecule has 3 heteroatoms. The van der Waals surface area contributed by atoms with Gasteiger partial charge in [0.05, 0.1) is 0 Å². The molecule has 0 fully saturated rings. The summed E-state index contributed by atoms with van der Waals surface area (Å²) in [6.07, 6.45) is 2.94. The third kappa shape index (κ3) is 3.03. The fourth-order valence-electron chi connectivity index (χ4n) is 2.26. The van der Waals surface area contributed by atoms with E-state index < -0.39 is 0 Å². The van der Waals surface area contributed by atoms with Crippen molar-refractivity contribution in [3.05, 3.63) is 35.3 Å². The maximum atomic E-state index is 14.1. The highest BCUT2D eigenvalue weighted by atomic mass is 19.1. The van der Waals surface area contributed by atoms with Crippen LogP contribution in [0.2, 0.25) is 0 Å². The summed E-state index contributed by atoms with van der Waals surface area (Å²) in [6.45, 7) is 7.03. The predicted molar refractivity (Wildman–Crippen MR) is 79.2 cm³/mol. The van der Waals surface area contributed by atoms with E-state index in [1.165, 1.54) is 0 Å². The second-order valence-electron chi connectivity index (χ2n) is 4.98. The van der Waals surface area contributed by atoms with Gasteiger partial charge in [-0.05, 0) is 43.5 Å². The number of hydrogen-bond acceptors (Lipinski definition) is 2. The van der Waals surface area contributed by atoms with Gasteiger partial charge in [0.2, 0.25) is 0 Å². The highest BCUT2D eigenvalue weighted by molar-refractivity contribution is 5.92. The molecule has 0 spiro atoms. The van der Waals surface area contributed by atoms with Crippen molar-refractivity contribution < 1.29 is 4.39 Å². The Morgan fingerprint density at radius 3 is 2.63 bits per heavy atom. The number of hydrogen-bond donors (Lipinski definition) is 1. The van der Waals surface area contributed by atoms with Gasteiger partial charge in [0.1, 0.15) is 11.3 Å². The van der Waals surface area contributed by atoms with Crippen LogP contribution in [0.25, 0.3) is 10.9 Å². The molecular weight excluding hydrogens is 239 g/mol. The fraction of sp³-hybridized carbons (Fsp3) is 0.438. The molecule has 2 rings (SSSR count). The highest BCUT2D eigenvalue weighted by Crippen LogP contribution is 2.27. The summed E-state index contributed by atoms with van der Waals surface area (Å²) < 4.78 is 14.1. The summed E-state index contributed by atoms with van der Waals surface area (Å²) in [4.78, 5) is 4.46. The first-order valence-corrected chi connectivity index (χ1v) is 6.99. The molecule has 0 aliphatic carbocycles. The van der Waals surface area contributed by atoms with Gasteiger partial charge in [-0.2, -0.15) is 0 Å². The van der Waals surface area contributed by atoms with Crippen LogP contribution in [0.5, 0.6) is 0 Å². The summed E-state index contributed by atoms with van der Waals surface area (Å²) >= 11 is 0. The SMILES string of the molecule is CCCNc1cc(CCC)nc2c(F)cc(C)cc12. The van der Waals surface area contributed by atoms with E-state index in [0.717, 1.165) is 48.1 Å². The third-order valence-electron chi connectivity index (χ3n) is 3.14. The maximum Gasteiger partial charge on any atom is 0.149 e. The van der Waals surface area contributed by atoms with Crippen LogP contribution in [0.15, 0.2) is 18.2 Å². The van der Waals surface area contributed by atoms with Gasteiger partial charge in [-0.25, -0.2) is 9.37 Å². The molecule has 0 atom stereocenters. The van der Waals surface area contributed by atoms with E-state index in [9.17, 15) is 4.39 Å². The van der Waals surface area contributed by atoms with Crippen molar-refractivity contribution in [2.45, 2.75) is 40.0 Å². The second-order valence-corrected chi connectivity index (χ2v) is 4.98. The normalized spacial score (nSPS) is 10.9. The van der Waals surface area contributed by atoms with Crippen LogP contribution in [-0.2, 0) is 6.42 Å². The van der Waals surface area contributed by atoms with Gasteiger partial charge in [-0.15, -0.1) is 0 Å². The molecular formula is C16H21FN2. The molecule has 0 aliphatic rings. The molecule has 0 aliphatic heterocycles. The topological polar surface area (TPSA) is 24.9 Å². The Morgan fingerprint density at radius 2 is 1.95 bits per heavy atom. The summed E-state index contributed by atoms with van der Waals surface area (Å²) in [5.74, 6) is -0.229. The van der Waals surface area contributed by atoms with Crippen molar-refractivity contribution in [2.75, 3.05) is 11.9 Å². The first kappa shape index (κ1) is 13.8. The Labute approximate surface area is 114 Å². The molecule has 0 radical (unpaired) electrons. The molecule has 19 heavy (non-hydrogen) atoms. The zero-order chi connectivity index (χ0) is 13.8. The minimum absolute atomic E-state index is 0.229. The number of rotatable bonds is 5. The smallest absolute Gasteiger partial charge is 0.149 e. The van der Waals surface area contributed by atoms with E-state index in [1.54, 1.807) is 6.07 Å². The number of aromatic nitrogens is 1. The van der Waals surface area contributed by atoms with Gasteiger partial charge in [0.25, 0.3) is 0 Å². The van der Waals surface area contributed by atoms with Gasteiger partial charge in [-0.3, -0.25) is 0 Å². The minimum Gasteiger partial charge on any atom is -0.384 e. The number of halogens is 1. The molecule has 0 saturated heterocycles.